The lowest BCUT2D eigenvalue weighted by molar-refractivity contribution is -0.380. The lowest BCUT2D eigenvalue weighted by atomic mass is 9.99. The van der Waals surface area contributed by atoms with Gasteiger partial charge >= 0.3 is 11.0 Å². The van der Waals surface area contributed by atoms with E-state index in [9.17, 15) is 14.9 Å². The molecule has 2 atom stereocenters. The summed E-state index contributed by atoms with van der Waals surface area (Å²) in [6.45, 7) is 4.38. The second-order valence-electron chi connectivity index (χ2n) is 4.26. The van der Waals surface area contributed by atoms with Crippen LogP contribution in [0, 0.1) is 16.0 Å². The molecule has 6 nitrogen and oxygen atoms in total. The Labute approximate surface area is 115 Å². The summed E-state index contributed by atoms with van der Waals surface area (Å²) >= 11 is 1.11. The van der Waals surface area contributed by atoms with Crippen LogP contribution in [0.5, 0.6) is 0 Å². The minimum atomic E-state index is -0.416. The van der Waals surface area contributed by atoms with Gasteiger partial charge in [-0.15, -0.1) is 0 Å². The van der Waals surface area contributed by atoms with E-state index >= 15 is 0 Å². The van der Waals surface area contributed by atoms with Crippen molar-refractivity contribution < 1.29 is 14.5 Å². The highest BCUT2D eigenvalue weighted by atomic mass is 32.1. The highest BCUT2D eigenvalue weighted by Crippen LogP contribution is 2.24. The Bertz CT molecular complexity index is 447. The van der Waals surface area contributed by atoms with Crippen molar-refractivity contribution in [2.24, 2.45) is 5.92 Å². The molecular weight excluding hydrogens is 268 g/mol. The van der Waals surface area contributed by atoms with E-state index < -0.39 is 11.0 Å². The minimum absolute atomic E-state index is 0.106. The van der Waals surface area contributed by atoms with Crippen molar-refractivity contribution >= 4 is 22.3 Å². The van der Waals surface area contributed by atoms with Crippen LogP contribution in [-0.4, -0.2) is 24.0 Å². The second-order valence-corrected chi connectivity index (χ2v) is 5.41. The number of esters is 1. The van der Waals surface area contributed by atoms with Crippen LogP contribution >= 0.6 is 11.3 Å². The number of carbonyl (C=O) groups excluding carboxylic acids is 1. The first kappa shape index (κ1) is 15.6. The van der Waals surface area contributed by atoms with Gasteiger partial charge in [0.25, 0.3) is 0 Å². The van der Waals surface area contributed by atoms with Crippen molar-refractivity contribution in [2.75, 3.05) is 7.11 Å². The first-order valence-electron chi connectivity index (χ1n) is 6.03. The summed E-state index contributed by atoms with van der Waals surface area (Å²) in [5.41, 5.74) is 0. The maximum atomic E-state index is 11.7. The van der Waals surface area contributed by atoms with Gasteiger partial charge < -0.3 is 4.74 Å². The van der Waals surface area contributed by atoms with Gasteiger partial charge in [0.2, 0.25) is 0 Å². The summed E-state index contributed by atoms with van der Waals surface area (Å²) in [6.07, 6.45) is 0.845. The highest BCUT2D eigenvalue weighted by molar-refractivity contribution is 7.15. The summed E-state index contributed by atoms with van der Waals surface area (Å²) in [4.78, 5) is 22.6. The van der Waals surface area contributed by atoms with Crippen LogP contribution in [0.15, 0.2) is 12.1 Å². The number of nitro groups is 1. The fraction of sp³-hybridized carbons (Fsp3) is 0.583. The summed E-state index contributed by atoms with van der Waals surface area (Å²) in [5, 5.41) is 13.8. The first-order chi connectivity index (χ1) is 8.99. The molecule has 0 spiro atoms. The van der Waals surface area contributed by atoms with Gasteiger partial charge in [-0.05, 0) is 12.0 Å². The van der Waals surface area contributed by atoms with E-state index in [0.29, 0.717) is 6.54 Å². The highest BCUT2D eigenvalue weighted by Gasteiger charge is 2.24. The number of nitrogens with zero attached hydrogens (tertiary/aromatic N) is 1. The van der Waals surface area contributed by atoms with E-state index in [1.807, 2.05) is 13.8 Å². The molecule has 0 saturated heterocycles. The van der Waals surface area contributed by atoms with Crippen LogP contribution in [-0.2, 0) is 16.1 Å². The Morgan fingerprint density at radius 3 is 2.74 bits per heavy atom. The maximum absolute atomic E-state index is 11.7. The summed E-state index contributed by atoms with van der Waals surface area (Å²) in [5.74, 6) is -0.164. The SMILES string of the molecule is CCC(C)C(NCc1ccc([N+](=O)[O-])s1)C(=O)OC. The van der Waals surface area contributed by atoms with Gasteiger partial charge in [0.15, 0.2) is 0 Å². The number of methoxy groups -OCH3 is 1. The fourth-order valence-electron chi connectivity index (χ4n) is 1.65. The molecule has 1 aromatic rings. The van der Waals surface area contributed by atoms with E-state index in [1.54, 1.807) is 6.07 Å². The van der Waals surface area contributed by atoms with Crippen molar-refractivity contribution in [1.82, 2.24) is 5.32 Å². The first-order valence-corrected chi connectivity index (χ1v) is 6.85. The smallest absolute Gasteiger partial charge is 0.324 e. The van der Waals surface area contributed by atoms with Crippen LogP contribution in [0.25, 0.3) is 0 Å². The van der Waals surface area contributed by atoms with Crippen molar-refractivity contribution in [3.63, 3.8) is 0 Å². The number of nitrogens with one attached hydrogen (secondary N) is 1. The molecule has 106 valence electrons. The molecular formula is C12H18N2O4S. The van der Waals surface area contributed by atoms with Gasteiger partial charge in [-0.25, -0.2) is 0 Å². The van der Waals surface area contributed by atoms with E-state index in [1.165, 1.54) is 13.2 Å². The van der Waals surface area contributed by atoms with E-state index in [-0.39, 0.29) is 16.9 Å². The monoisotopic (exact) mass is 286 g/mol. The van der Waals surface area contributed by atoms with Crippen LogP contribution in [0.3, 0.4) is 0 Å². The minimum Gasteiger partial charge on any atom is -0.468 e. The van der Waals surface area contributed by atoms with Gasteiger partial charge in [0.05, 0.1) is 12.0 Å². The predicted octanol–water partition coefficient (Wildman–Crippen LogP) is 2.33. The lowest BCUT2D eigenvalue weighted by Gasteiger charge is -2.21. The number of ether oxygens (including phenoxy) is 1. The molecule has 0 radical (unpaired) electrons. The van der Waals surface area contributed by atoms with E-state index in [0.717, 1.165) is 22.6 Å². The van der Waals surface area contributed by atoms with Crippen LogP contribution < -0.4 is 5.32 Å². The molecule has 1 N–H and O–H groups in total. The number of rotatable bonds is 7. The molecule has 0 aliphatic rings. The standard InChI is InChI=1S/C12H18N2O4S/c1-4-8(2)11(12(15)18-3)13-7-9-5-6-10(19-9)14(16)17/h5-6,8,11,13H,4,7H2,1-3H3. The molecule has 0 saturated carbocycles. The zero-order chi connectivity index (χ0) is 14.4. The fourth-order valence-corrected chi connectivity index (χ4v) is 2.42. The Balaban J connectivity index is 2.64. The molecule has 0 fully saturated rings. The Morgan fingerprint density at radius 2 is 2.26 bits per heavy atom. The molecule has 7 heteroatoms. The molecule has 0 aromatic carbocycles. The summed E-state index contributed by atoms with van der Waals surface area (Å²) < 4.78 is 4.76. The van der Waals surface area contributed by atoms with Gasteiger partial charge in [-0.3, -0.25) is 20.2 Å². The normalized spacial score (nSPS) is 13.8. The topological polar surface area (TPSA) is 81.5 Å². The molecule has 0 aliphatic carbocycles. The third-order valence-corrected chi connectivity index (χ3v) is 4.03. The van der Waals surface area contributed by atoms with Crippen molar-refractivity contribution in [3.05, 3.63) is 27.1 Å². The molecule has 0 amide bonds. The van der Waals surface area contributed by atoms with Crippen molar-refractivity contribution in [1.29, 1.82) is 0 Å². The lowest BCUT2D eigenvalue weighted by Crippen LogP contribution is -2.42. The average molecular weight is 286 g/mol. The predicted molar refractivity (Wildman–Crippen MR) is 73.1 cm³/mol. The molecule has 0 aliphatic heterocycles. The molecule has 1 heterocycles. The average Bonchev–Trinajstić information content (AvgIpc) is 2.87. The van der Waals surface area contributed by atoms with Gasteiger partial charge in [-0.2, -0.15) is 0 Å². The number of hydrogen-bond acceptors (Lipinski definition) is 6. The second kappa shape index (κ2) is 7.20. The maximum Gasteiger partial charge on any atom is 0.324 e. The van der Waals surface area contributed by atoms with E-state index in [2.05, 4.69) is 5.32 Å². The number of carbonyl (C=O) groups is 1. The third-order valence-electron chi connectivity index (χ3n) is 2.99. The molecule has 19 heavy (non-hydrogen) atoms. The van der Waals surface area contributed by atoms with Crippen molar-refractivity contribution in [2.45, 2.75) is 32.9 Å². The van der Waals surface area contributed by atoms with Crippen molar-refractivity contribution in [3.8, 4) is 0 Å². The number of thiophene rings is 1. The largest absolute Gasteiger partial charge is 0.468 e. The van der Waals surface area contributed by atoms with Gasteiger partial charge in [0.1, 0.15) is 6.04 Å². The van der Waals surface area contributed by atoms with Crippen LogP contribution in [0.2, 0.25) is 0 Å². The zero-order valence-corrected chi connectivity index (χ0v) is 12.0. The van der Waals surface area contributed by atoms with Crippen LogP contribution in [0.1, 0.15) is 25.1 Å². The Hall–Kier alpha value is -1.47. The zero-order valence-electron chi connectivity index (χ0n) is 11.2. The molecule has 0 bridgehead atoms. The van der Waals surface area contributed by atoms with Crippen LogP contribution in [0.4, 0.5) is 5.00 Å². The third kappa shape index (κ3) is 4.29. The molecule has 2 unspecified atom stereocenters. The Morgan fingerprint density at radius 1 is 1.58 bits per heavy atom. The van der Waals surface area contributed by atoms with Gasteiger partial charge in [0, 0.05) is 17.5 Å². The quantitative estimate of drug-likeness (QED) is 0.472. The summed E-state index contributed by atoms with van der Waals surface area (Å²) in [6, 6.07) is 2.77. The molecule has 1 aromatic heterocycles. The van der Waals surface area contributed by atoms with E-state index in [4.69, 9.17) is 4.74 Å². The summed E-state index contributed by atoms with van der Waals surface area (Å²) in [7, 11) is 1.36. The number of hydrogen-bond donors (Lipinski definition) is 1. The Kier molecular flexibility index (Phi) is 5.91. The molecule has 1 rings (SSSR count). The van der Waals surface area contributed by atoms with Gasteiger partial charge in [-0.1, -0.05) is 31.6 Å².